The zero-order chi connectivity index (χ0) is 22.7. The largest absolute Gasteiger partial charge is 0.504 e. The van der Waals surface area contributed by atoms with Crippen LogP contribution in [0.3, 0.4) is 0 Å². The lowest BCUT2D eigenvalue weighted by Crippen LogP contribution is -2.49. The van der Waals surface area contributed by atoms with Gasteiger partial charge in [-0.3, -0.25) is 0 Å². The number of phenols is 1. The van der Waals surface area contributed by atoms with Crippen molar-refractivity contribution in [2.75, 3.05) is 12.8 Å². The summed E-state index contributed by atoms with van der Waals surface area (Å²) >= 11 is 0. The monoisotopic (exact) mass is 460 g/mol. The van der Waals surface area contributed by atoms with Crippen molar-refractivity contribution >= 4 is 17.8 Å². The zero-order valence-electron chi connectivity index (χ0n) is 17.1. The van der Waals surface area contributed by atoms with Crippen LogP contribution in [-0.4, -0.2) is 41.3 Å². The maximum absolute atomic E-state index is 14.3. The van der Waals surface area contributed by atoms with Crippen LogP contribution in [0.5, 0.6) is 11.5 Å². The number of halogens is 2. The lowest BCUT2D eigenvalue weighted by atomic mass is 10.0. The van der Waals surface area contributed by atoms with Gasteiger partial charge in [-0.05, 0) is 0 Å². The van der Waals surface area contributed by atoms with E-state index in [0.717, 1.165) is 6.07 Å². The molecule has 32 heavy (non-hydrogen) atoms. The van der Waals surface area contributed by atoms with Gasteiger partial charge in [-0.2, -0.15) is 0 Å². The smallest absolute Gasteiger partial charge is 0.164 e. The van der Waals surface area contributed by atoms with E-state index in [1.165, 1.54) is 0 Å². The van der Waals surface area contributed by atoms with E-state index in [2.05, 4.69) is 0 Å². The van der Waals surface area contributed by atoms with E-state index < -0.39 is 42.8 Å². The first-order valence-electron chi connectivity index (χ1n) is 10.2. The minimum atomic E-state index is -3.16. The van der Waals surface area contributed by atoms with Crippen LogP contribution in [0.2, 0.25) is 0 Å². The summed E-state index contributed by atoms with van der Waals surface area (Å²) in [5.74, 6) is -3.22. The molecule has 168 valence electrons. The van der Waals surface area contributed by atoms with E-state index in [1.54, 1.807) is 48.5 Å². The van der Waals surface area contributed by atoms with Gasteiger partial charge in [0.15, 0.2) is 23.1 Å². The maximum atomic E-state index is 14.3. The van der Waals surface area contributed by atoms with Crippen molar-refractivity contribution < 1.29 is 33.0 Å². The molecule has 0 aromatic heterocycles. The molecule has 4 rings (SSSR count). The normalized spacial score (nSPS) is 21.3. The average Bonchev–Trinajstić information content (AvgIpc) is 2.81. The zero-order valence-corrected chi connectivity index (χ0v) is 18.0. The molecule has 0 spiro atoms. The van der Waals surface area contributed by atoms with Gasteiger partial charge in [0.1, 0.15) is 19.3 Å². The van der Waals surface area contributed by atoms with Crippen molar-refractivity contribution in [1.82, 2.24) is 0 Å². The predicted octanol–water partition coefficient (Wildman–Crippen LogP) is 3.58. The lowest BCUT2D eigenvalue weighted by Gasteiger charge is -2.36. The van der Waals surface area contributed by atoms with Crippen molar-refractivity contribution in [2.24, 2.45) is 0 Å². The summed E-state index contributed by atoms with van der Waals surface area (Å²) in [5.41, 5.74) is 0. The number of aliphatic hydroxyl groups is 1. The SMILES string of the molecule is O=P(C[C@H]1OCCC(Oc2cc(F)c(F)cc2O)[C@@H]1O)(c1ccccc1)c1ccccc1. The molecule has 8 heteroatoms. The van der Waals surface area contributed by atoms with Crippen LogP contribution in [0.4, 0.5) is 8.78 Å². The Bertz CT molecular complexity index is 1070. The Hall–Kier alpha value is -2.73. The van der Waals surface area contributed by atoms with E-state index in [9.17, 15) is 23.6 Å². The van der Waals surface area contributed by atoms with Gasteiger partial charge in [-0.25, -0.2) is 8.78 Å². The molecule has 0 bridgehead atoms. The van der Waals surface area contributed by atoms with E-state index >= 15 is 0 Å². The first-order chi connectivity index (χ1) is 15.4. The minimum absolute atomic E-state index is 0.0335. The number of phenolic OH excluding ortho intramolecular Hbond substituents is 1. The molecule has 5 nitrogen and oxygen atoms in total. The van der Waals surface area contributed by atoms with Gasteiger partial charge in [0.2, 0.25) is 0 Å². The van der Waals surface area contributed by atoms with Crippen LogP contribution in [0.15, 0.2) is 72.8 Å². The topological polar surface area (TPSA) is 76.0 Å². The molecular weight excluding hydrogens is 437 g/mol. The van der Waals surface area contributed by atoms with Gasteiger partial charge in [0.05, 0.1) is 12.7 Å². The Morgan fingerprint density at radius 1 is 0.969 bits per heavy atom. The molecule has 0 radical (unpaired) electrons. The van der Waals surface area contributed by atoms with Gasteiger partial charge in [0.25, 0.3) is 0 Å². The third kappa shape index (κ3) is 4.56. The molecule has 3 aromatic rings. The highest BCUT2D eigenvalue weighted by Gasteiger charge is 2.40. The molecule has 1 fully saturated rings. The summed E-state index contributed by atoms with van der Waals surface area (Å²) in [6, 6.07) is 19.4. The summed E-state index contributed by atoms with van der Waals surface area (Å²) in [5, 5.41) is 22.1. The Kier molecular flexibility index (Phi) is 6.60. The molecule has 3 atom stereocenters. The predicted molar refractivity (Wildman–Crippen MR) is 117 cm³/mol. The highest BCUT2D eigenvalue weighted by atomic mass is 31.2. The molecule has 0 saturated carbocycles. The Morgan fingerprint density at radius 2 is 1.53 bits per heavy atom. The number of hydrogen-bond donors (Lipinski definition) is 2. The lowest BCUT2D eigenvalue weighted by molar-refractivity contribution is -0.117. The fraction of sp³-hybridized carbons (Fsp3) is 0.250. The van der Waals surface area contributed by atoms with Crippen molar-refractivity contribution in [3.8, 4) is 11.5 Å². The second-order valence-corrected chi connectivity index (χ2v) is 10.5. The molecule has 1 aliphatic rings. The summed E-state index contributed by atoms with van der Waals surface area (Å²) in [6.45, 7) is 0.209. The van der Waals surface area contributed by atoms with Crippen LogP contribution in [0.1, 0.15) is 6.42 Å². The highest BCUT2D eigenvalue weighted by Crippen LogP contribution is 2.45. The Labute approximate surface area is 184 Å². The minimum Gasteiger partial charge on any atom is -0.504 e. The highest BCUT2D eigenvalue weighted by molar-refractivity contribution is 7.78. The third-order valence-electron chi connectivity index (χ3n) is 5.56. The molecule has 1 heterocycles. The van der Waals surface area contributed by atoms with Gasteiger partial charge in [-0.1, -0.05) is 60.7 Å². The van der Waals surface area contributed by atoms with E-state index in [-0.39, 0.29) is 24.9 Å². The number of aliphatic hydroxyl groups excluding tert-OH is 1. The van der Waals surface area contributed by atoms with Crippen LogP contribution >= 0.6 is 7.14 Å². The molecule has 2 N–H and O–H groups in total. The Morgan fingerprint density at radius 3 is 2.12 bits per heavy atom. The average molecular weight is 460 g/mol. The van der Waals surface area contributed by atoms with Crippen LogP contribution in [-0.2, 0) is 9.30 Å². The summed E-state index contributed by atoms with van der Waals surface area (Å²) in [4.78, 5) is 0. The van der Waals surface area contributed by atoms with Crippen molar-refractivity contribution in [2.45, 2.75) is 24.7 Å². The number of ether oxygens (including phenoxy) is 2. The summed E-state index contributed by atoms with van der Waals surface area (Å²) in [6.07, 6.45) is -2.59. The van der Waals surface area contributed by atoms with Crippen molar-refractivity contribution in [3.63, 3.8) is 0 Å². The van der Waals surface area contributed by atoms with E-state index in [4.69, 9.17) is 9.47 Å². The molecule has 1 saturated heterocycles. The molecule has 0 amide bonds. The fourth-order valence-corrected chi connectivity index (χ4v) is 6.72. The molecule has 1 unspecified atom stereocenters. The molecule has 1 aliphatic heterocycles. The number of benzene rings is 3. The second-order valence-electron chi connectivity index (χ2n) is 7.67. The van der Waals surface area contributed by atoms with Gasteiger partial charge in [0, 0.05) is 35.3 Å². The van der Waals surface area contributed by atoms with E-state index in [0.29, 0.717) is 16.7 Å². The van der Waals surface area contributed by atoms with E-state index in [1.807, 2.05) is 12.1 Å². The second kappa shape index (κ2) is 9.41. The van der Waals surface area contributed by atoms with Gasteiger partial charge in [-0.15, -0.1) is 0 Å². The van der Waals surface area contributed by atoms with Crippen molar-refractivity contribution in [3.05, 3.63) is 84.4 Å². The van der Waals surface area contributed by atoms with Gasteiger partial charge >= 0.3 is 0 Å². The molecule has 3 aromatic carbocycles. The molecule has 0 aliphatic carbocycles. The summed E-state index contributed by atoms with van der Waals surface area (Å²) in [7, 11) is -3.16. The van der Waals surface area contributed by atoms with Crippen LogP contribution in [0, 0.1) is 11.6 Å². The fourth-order valence-electron chi connectivity index (χ4n) is 3.86. The number of aromatic hydroxyl groups is 1. The standard InChI is InChI=1S/C24H23F2O5P/c25-18-13-20(27)22(14-19(18)26)31-21-11-12-30-23(24(21)28)15-32(29,16-7-3-1-4-8-16)17-9-5-2-6-10-17/h1-10,13-14,21,23-24,27-28H,11-12,15H2/t21?,23-,24+/m1/s1. The van der Waals surface area contributed by atoms with Gasteiger partial charge < -0.3 is 24.3 Å². The first-order valence-corrected chi connectivity index (χ1v) is 12.1. The maximum Gasteiger partial charge on any atom is 0.164 e. The number of rotatable bonds is 6. The summed E-state index contributed by atoms with van der Waals surface area (Å²) < 4.78 is 52.5. The molecular formula is C24H23F2O5P. The Balaban J connectivity index is 1.60. The van der Waals surface area contributed by atoms with Crippen LogP contribution in [0.25, 0.3) is 0 Å². The first kappa shape index (κ1) is 22.5. The quantitative estimate of drug-likeness (QED) is 0.550. The number of hydrogen-bond acceptors (Lipinski definition) is 5. The third-order valence-corrected chi connectivity index (χ3v) is 8.70. The van der Waals surface area contributed by atoms with Crippen LogP contribution < -0.4 is 15.3 Å². The van der Waals surface area contributed by atoms with Crippen molar-refractivity contribution in [1.29, 1.82) is 0 Å².